The Balaban J connectivity index is 2.90. The Bertz CT molecular complexity index is 370. The van der Waals surface area contributed by atoms with Crippen LogP contribution in [0.2, 0.25) is 0 Å². The molecule has 0 N–H and O–H groups in total. The average molecular weight is 217 g/mol. The number of nitrogens with zero attached hydrogens (tertiary/aromatic N) is 1. The van der Waals surface area contributed by atoms with Crippen molar-refractivity contribution in [2.45, 2.75) is 6.18 Å². The van der Waals surface area contributed by atoms with E-state index in [9.17, 15) is 18.0 Å². The van der Waals surface area contributed by atoms with Crippen LogP contribution in [-0.4, -0.2) is 12.7 Å². The fraction of sp³-hybridized carbons (Fsp3) is 0.111. The van der Waals surface area contributed by atoms with Crippen LogP contribution >= 0.6 is 0 Å². The van der Waals surface area contributed by atoms with E-state index in [4.69, 9.17) is 0 Å². The van der Waals surface area contributed by atoms with E-state index in [1.165, 1.54) is 0 Å². The molecule has 0 bridgehead atoms. The number of alkyl halides is 3. The van der Waals surface area contributed by atoms with Gasteiger partial charge in [-0.15, -0.1) is 0 Å². The van der Waals surface area contributed by atoms with Gasteiger partial charge in [-0.25, -0.2) is 4.79 Å². The minimum absolute atomic E-state index is 0.0181. The number of hydrogen-bond acceptors (Lipinski definition) is 3. The lowest BCUT2D eigenvalue weighted by molar-refractivity contribution is -0.137. The monoisotopic (exact) mass is 217 g/mol. The van der Waals surface area contributed by atoms with Gasteiger partial charge in [-0.2, -0.15) is 13.2 Å². The Morgan fingerprint density at radius 1 is 1.27 bits per heavy atom. The first-order valence-corrected chi connectivity index (χ1v) is 3.80. The summed E-state index contributed by atoms with van der Waals surface area (Å²) in [5.41, 5.74) is -0.846. The molecule has 0 unspecified atom stereocenters. The van der Waals surface area contributed by atoms with Crippen LogP contribution in [0.1, 0.15) is 15.9 Å². The standard InChI is InChI=1S/C9H6F3NO2/c1-13-15-8(14)6-2-4-7(5-3-6)9(10,11)12/h2-5H,1H2. The first-order valence-electron chi connectivity index (χ1n) is 3.80. The molecule has 80 valence electrons. The summed E-state index contributed by atoms with van der Waals surface area (Å²) in [6.07, 6.45) is -4.42. The maximum Gasteiger partial charge on any atom is 0.416 e. The van der Waals surface area contributed by atoms with E-state index < -0.39 is 17.7 Å². The van der Waals surface area contributed by atoms with E-state index in [0.29, 0.717) is 0 Å². The maximum atomic E-state index is 12.1. The minimum Gasteiger partial charge on any atom is -0.313 e. The number of carbonyl (C=O) groups excluding carboxylic acids is 1. The van der Waals surface area contributed by atoms with E-state index in [1.807, 2.05) is 0 Å². The first-order chi connectivity index (χ1) is 6.95. The van der Waals surface area contributed by atoms with E-state index in [1.54, 1.807) is 0 Å². The van der Waals surface area contributed by atoms with Gasteiger partial charge in [0.2, 0.25) is 0 Å². The van der Waals surface area contributed by atoms with Crippen LogP contribution in [0, 0.1) is 0 Å². The van der Waals surface area contributed by atoms with Gasteiger partial charge in [0.25, 0.3) is 0 Å². The fourth-order valence-corrected chi connectivity index (χ4v) is 0.907. The highest BCUT2D eigenvalue weighted by Crippen LogP contribution is 2.29. The molecule has 0 radical (unpaired) electrons. The van der Waals surface area contributed by atoms with Crippen LogP contribution in [0.3, 0.4) is 0 Å². The molecule has 0 spiro atoms. The van der Waals surface area contributed by atoms with Crippen molar-refractivity contribution in [3.05, 3.63) is 35.4 Å². The zero-order valence-electron chi connectivity index (χ0n) is 7.41. The van der Waals surface area contributed by atoms with Crippen LogP contribution in [0.5, 0.6) is 0 Å². The highest BCUT2D eigenvalue weighted by Gasteiger charge is 2.30. The van der Waals surface area contributed by atoms with Gasteiger partial charge in [0.1, 0.15) is 0 Å². The van der Waals surface area contributed by atoms with Gasteiger partial charge in [0, 0.05) is 6.72 Å². The van der Waals surface area contributed by atoms with Crippen molar-refractivity contribution >= 4 is 12.7 Å². The van der Waals surface area contributed by atoms with Gasteiger partial charge in [0.05, 0.1) is 11.1 Å². The number of oxime groups is 1. The fourth-order valence-electron chi connectivity index (χ4n) is 0.907. The van der Waals surface area contributed by atoms with Crippen LogP contribution in [-0.2, 0) is 11.0 Å². The van der Waals surface area contributed by atoms with Crippen molar-refractivity contribution < 1.29 is 22.8 Å². The van der Waals surface area contributed by atoms with Gasteiger partial charge >= 0.3 is 12.1 Å². The molecule has 15 heavy (non-hydrogen) atoms. The molecule has 0 heterocycles. The molecular weight excluding hydrogens is 211 g/mol. The third kappa shape index (κ3) is 2.80. The smallest absolute Gasteiger partial charge is 0.313 e. The van der Waals surface area contributed by atoms with Gasteiger partial charge in [0.15, 0.2) is 0 Å². The van der Waals surface area contributed by atoms with Crippen molar-refractivity contribution in [3.8, 4) is 0 Å². The summed E-state index contributed by atoms with van der Waals surface area (Å²) in [6.45, 7) is 2.91. The van der Waals surface area contributed by atoms with E-state index in [2.05, 4.69) is 16.7 Å². The zero-order valence-corrected chi connectivity index (χ0v) is 7.41. The van der Waals surface area contributed by atoms with Gasteiger partial charge < -0.3 is 4.84 Å². The van der Waals surface area contributed by atoms with Crippen molar-refractivity contribution in [1.29, 1.82) is 0 Å². The second kappa shape index (κ2) is 4.12. The number of benzene rings is 1. The molecule has 1 aromatic rings. The number of carbonyl (C=O) groups is 1. The van der Waals surface area contributed by atoms with Crippen LogP contribution in [0.25, 0.3) is 0 Å². The minimum atomic E-state index is -4.42. The molecule has 0 aromatic heterocycles. The summed E-state index contributed by atoms with van der Waals surface area (Å²) in [7, 11) is 0. The zero-order chi connectivity index (χ0) is 11.5. The first kappa shape index (κ1) is 11.2. The summed E-state index contributed by atoms with van der Waals surface area (Å²) in [5.74, 6) is -0.848. The largest absolute Gasteiger partial charge is 0.416 e. The van der Waals surface area contributed by atoms with Crippen LogP contribution < -0.4 is 0 Å². The predicted octanol–water partition coefficient (Wildman–Crippen LogP) is 2.48. The summed E-state index contributed by atoms with van der Waals surface area (Å²) in [5, 5.41) is 2.86. The molecule has 0 saturated carbocycles. The van der Waals surface area contributed by atoms with Crippen molar-refractivity contribution in [2.24, 2.45) is 5.16 Å². The summed E-state index contributed by atoms with van der Waals surface area (Å²) in [6, 6.07) is 3.60. The SMILES string of the molecule is C=NOC(=O)c1ccc(C(F)(F)F)cc1. The van der Waals surface area contributed by atoms with E-state index >= 15 is 0 Å². The topological polar surface area (TPSA) is 38.7 Å². The molecule has 0 atom stereocenters. The van der Waals surface area contributed by atoms with E-state index in [0.717, 1.165) is 24.3 Å². The highest BCUT2D eigenvalue weighted by atomic mass is 19.4. The number of hydrogen-bond donors (Lipinski definition) is 0. The van der Waals surface area contributed by atoms with Crippen LogP contribution in [0.4, 0.5) is 13.2 Å². The molecule has 1 rings (SSSR count). The Morgan fingerprint density at radius 3 is 2.20 bits per heavy atom. The molecule has 0 fully saturated rings. The molecule has 3 nitrogen and oxygen atoms in total. The predicted molar refractivity (Wildman–Crippen MR) is 46.4 cm³/mol. The molecule has 0 aliphatic rings. The summed E-state index contributed by atoms with van der Waals surface area (Å²) >= 11 is 0. The number of halogens is 3. The second-order valence-corrected chi connectivity index (χ2v) is 2.58. The quantitative estimate of drug-likeness (QED) is 0.433. The van der Waals surface area contributed by atoms with E-state index in [-0.39, 0.29) is 5.56 Å². The Morgan fingerprint density at radius 2 is 1.80 bits per heavy atom. The summed E-state index contributed by atoms with van der Waals surface area (Å²) < 4.78 is 36.4. The molecule has 1 aromatic carbocycles. The van der Waals surface area contributed by atoms with Crippen molar-refractivity contribution in [3.63, 3.8) is 0 Å². The average Bonchev–Trinajstić information content (AvgIpc) is 2.17. The van der Waals surface area contributed by atoms with Crippen molar-refractivity contribution in [1.82, 2.24) is 0 Å². The molecule has 0 aliphatic heterocycles. The lowest BCUT2D eigenvalue weighted by Gasteiger charge is -2.06. The highest BCUT2D eigenvalue weighted by molar-refractivity contribution is 5.89. The van der Waals surface area contributed by atoms with Gasteiger partial charge in [-0.05, 0) is 24.3 Å². The Labute approximate surface area is 83.1 Å². The van der Waals surface area contributed by atoms with Crippen LogP contribution in [0.15, 0.2) is 29.4 Å². The molecule has 6 heteroatoms. The molecule has 0 aliphatic carbocycles. The normalized spacial score (nSPS) is 10.9. The Kier molecular flexibility index (Phi) is 3.08. The Hall–Kier alpha value is -1.85. The molecule has 0 amide bonds. The summed E-state index contributed by atoms with van der Waals surface area (Å²) in [4.78, 5) is 15.1. The van der Waals surface area contributed by atoms with Gasteiger partial charge in [-0.3, -0.25) is 0 Å². The van der Waals surface area contributed by atoms with Gasteiger partial charge in [-0.1, -0.05) is 5.16 Å². The number of rotatable bonds is 2. The lowest BCUT2D eigenvalue weighted by Crippen LogP contribution is -2.06. The molecule has 0 saturated heterocycles. The molecular formula is C9H6F3NO2. The third-order valence-electron chi connectivity index (χ3n) is 1.60. The third-order valence-corrected chi connectivity index (χ3v) is 1.60. The van der Waals surface area contributed by atoms with Crippen molar-refractivity contribution in [2.75, 3.05) is 0 Å². The lowest BCUT2D eigenvalue weighted by atomic mass is 10.1. The second-order valence-electron chi connectivity index (χ2n) is 2.58. The maximum absolute atomic E-state index is 12.1.